The Hall–Kier alpha value is -1.11. The maximum atomic E-state index is 13.1. The van der Waals surface area contributed by atoms with Crippen LogP contribution in [0.2, 0.25) is 0 Å². The SMILES string of the molecule is Cl.NCCSC1CC(=O)N(c2cccc(F)c2)C1=O. The summed E-state index contributed by atoms with van der Waals surface area (Å²) < 4.78 is 13.1. The molecule has 1 aliphatic heterocycles. The number of thioether (sulfide) groups is 1. The normalized spacial score (nSPS) is 18.6. The summed E-state index contributed by atoms with van der Waals surface area (Å²) in [7, 11) is 0. The van der Waals surface area contributed by atoms with Crippen molar-refractivity contribution < 1.29 is 14.0 Å². The van der Waals surface area contributed by atoms with Gasteiger partial charge in [-0.2, -0.15) is 0 Å². The molecule has 1 unspecified atom stereocenters. The quantitative estimate of drug-likeness (QED) is 0.858. The molecule has 4 nitrogen and oxygen atoms in total. The average Bonchev–Trinajstić information content (AvgIpc) is 2.62. The Bertz CT molecular complexity index is 487. The van der Waals surface area contributed by atoms with Gasteiger partial charge in [-0.05, 0) is 18.2 Å². The van der Waals surface area contributed by atoms with Crippen molar-refractivity contribution in [1.29, 1.82) is 0 Å². The number of imide groups is 1. The van der Waals surface area contributed by atoms with Crippen LogP contribution in [0.1, 0.15) is 6.42 Å². The minimum absolute atomic E-state index is 0. The number of benzene rings is 1. The van der Waals surface area contributed by atoms with E-state index in [1.54, 1.807) is 6.07 Å². The number of hydrogen-bond acceptors (Lipinski definition) is 4. The van der Waals surface area contributed by atoms with Gasteiger partial charge >= 0.3 is 0 Å². The van der Waals surface area contributed by atoms with E-state index in [0.717, 1.165) is 4.90 Å². The summed E-state index contributed by atoms with van der Waals surface area (Å²) in [5.41, 5.74) is 5.66. The first-order chi connectivity index (χ1) is 8.63. The van der Waals surface area contributed by atoms with Gasteiger partial charge in [0.15, 0.2) is 0 Å². The number of anilines is 1. The Morgan fingerprint density at radius 3 is 2.79 bits per heavy atom. The highest BCUT2D eigenvalue weighted by Crippen LogP contribution is 2.29. The van der Waals surface area contributed by atoms with Crippen molar-refractivity contribution >= 4 is 41.7 Å². The maximum Gasteiger partial charge on any atom is 0.247 e. The molecular weight excluding hydrogens is 291 g/mol. The number of amides is 2. The minimum Gasteiger partial charge on any atom is -0.330 e. The molecule has 2 amide bonds. The molecule has 1 aromatic carbocycles. The molecule has 104 valence electrons. The van der Waals surface area contributed by atoms with Crippen LogP contribution in [0.3, 0.4) is 0 Å². The molecule has 1 saturated heterocycles. The van der Waals surface area contributed by atoms with Crippen molar-refractivity contribution in [2.45, 2.75) is 11.7 Å². The fourth-order valence-electron chi connectivity index (χ4n) is 1.83. The zero-order chi connectivity index (χ0) is 13.1. The largest absolute Gasteiger partial charge is 0.330 e. The van der Waals surface area contributed by atoms with Gasteiger partial charge in [-0.3, -0.25) is 9.59 Å². The molecule has 19 heavy (non-hydrogen) atoms. The molecule has 1 aliphatic rings. The molecular formula is C12H14ClFN2O2S. The first-order valence-electron chi connectivity index (χ1n) is 5.57. The van der Waals surface area contributed by atoms with Crippen LogP contribution < -0.4 is 10.6 Å². The Balaban J connectivity index is 0.00000180. The van der Waals surface area contributed by atoms with Crippen molar-refractivity contribution in [1.82, 2.24) is 0 Å². The molecule has 0 aromatic heterocycles. The zero-order valence-electron chi connectivity index (χ0n) is 10.0. The highest BCUT2D eigenvalue weighted by molar-refractivity contribution is 8.00. The first-order valence-corrected chi connectivity index (χ1v) is 6.62. The second kappa shape index (κ2) is 6.88. The van der Waals surface area contributed by atoms with Crippen molar-refractivity contribution in [3.8, 4) is 0 Å². The van der Waals surface area contributed by atoms with Gasteiger partial charge in [-0.15, -0.1) is 24.2 Å². The van der Waals surface area contributed by atoms with Gasteiger partial charge in [-0.25, -0.2) is 9.29 Å². The second-order valence-electron chi connectivity index (χ2n) is 3.90. The third-order valence-corrected chi connectivity index (χ3v) is 3.85. The fourth-order valence-corrected chi connectivity index (χ4v) is 2.76. The third-order valence-electron chi connectivity index (χ3n) is 2.61. The lowest BCUT2D eigenvalue weighted by atomic mass is 10.3. The minimum atomic E-state index is -0.467. The molecule has 1 aromatic rings. The molecule has 0 bridgehead atoms. The number of halogens is 2. The summed E-state index contributed by atoms with van der Waals surface area (Å²) in [5.74, 6) is -0.420. The summed E-state index contributed by atoms with van der Waals surface area (Å²) in [5, 5.41) is -0.399. The van der Waals surface area contributed by atoms with E-state index < -0.39 is 11.1 Å². The predicted molar refractivity (Wildman–Crippen MR) is 76.1 cm³/mol. The van der Waals surface area contributed by atoms with Gasteiger partial charge < -0.3 is 5.73 Å². The van der Waals surface area contributed by atoms with Crippen LogP contribution in [0.4, 0.5) is 10.1 Å². The van der Waals surface area contributed by atoms with Crippen LogP contribution in [0, 0.1) is 5.82 Å². The van der Waals surface area contributed by atoms with E-state index in [1.165, 1.54) is 30.0 Å². The summed E-state index contributed by atoms with van der Waals surface area (Å²) in [4.78, 5) is 24.9. The number of nitrogens with zero attached hydrogens (tertiary/aromatic N) is 1. The van der Waals surface area contributed by atoms with E-state index in [0.29, 0.717) is 18.0 Å². The molecule has 0 aliphatic carbocycles. The average molecular weight is 305 g/mol. The van der Waals surface area contributed by atoms with Gasteiger partial charge in [0.05, 0.1) is 10.9 Å². The molecule has 2 N–H and O–H groups in total. The predicted octanol–water partition coefficient (Wildman–Crippen LogP) is 1.57. The molecule has 1 fully saturated rings. The molecule has 0 saturated carbocycles. The van der Waals surface area contributed by atoms with Crippen LogP contribution in [-0.2, 0) is 9.59 Å². The first kappa shape index (κ1) is 15.9. The second-order valence-corrected chi connectivity index (χ2v) is 5.21. The highest BCUT2D eigenvalue weighted by atomic mass is 35.5. The number of nitrogens with two attached hydrogens (primary N) is 1. The summed E-state index contributed by atoms with van der Waals surface area (Å²) in [6, 6.07) is 5.49. The van der Waals surface area contributed by atoms with E-state index >= 15 is 0 Å². The van der Waals surface area contributed by atoms with Gasteiger partial charge in [-0.1, -0.05) is 6.07 Å². The van der Waals surface area contributed by atoms with E-state index in [1.807, 2.05) is 0 Å². The Morgan fingerprint density at radius 1 is 1.42 bits per heavy atom. The van der Waals surface area contributed by atoms with E-state index in [2.05, 4.69) is 0 Å². The van der Waals surface area contributed by atoms with Gasteiger partial charge in [0.25, 0.3) is 0 Å². The van der Waals surface area contributed by atoms with E-state index in [9.17, 15) is 14.0 Å². The Kier molecular flexibility index (Phi) is 5.78. The number of carbonyl (C=O) groups is 2. The third kappa shape index (κ3) is 3.46. The number of hydrogen-bond donors (Lipinski definition) is 1. The van der Waals surface area contributed by atoms with Crippen LogP contribution in [0.25, 0.3) is 0 Å². The zero-order valence-corrected chi connectivity index (χ0v) is 11.7. The van der Waals surface area contributed by atoms with Crippen LogP contribution in [-0.4, -0.2) is 29.4 Å². The lowest BCUT2D eigenvalue weighted by Crippen LogP contribution is -2.31. The van der Waals surface area contributed by atoms with Crippen molar-refractivity contribution in [3.63, 3.8) is 0 Å². The van der Waals surface area contributed by atoms with Gasteiger partial charge in [0.1, 0.15) is 5.82 Å². The fraction of sp³-hybridized carbons (Fsp3) is 0.333. The monoisotopic (exact) mass is 304 g/mol. The van der Waals surface area contributed by atoms with Gasteiger partial charge in [0, 0.05) is 18.7 Å². The molecule has 2 rings (SSSR count). The Morgan fingerprint density at radius 2 is 2.16 bits per heavy atom. The van der Waals surface area contributed by atoms with E-state index in [-0.39, 0.29) is 30.6 Å². The summed E-state index contributed by atoms with van der Waals surface area (Å²) >= 11 is 1.37. The lowest BCUT2D eigenvalue weighted by Gasteiger charge is -2.14. The Labute approximate surface area is 120 Å². The smallest absolute Gasteiger partial charge is 0.247 e. The lowest BCUT2D eigenvalue weighted by molar-refractivity contribution is -0.121. The molecule has 1 atom stereocenters. The summed E-state index contributed by atoms with van der Waals surface area (Å²) in [6.45, 7) is 0.461. The molecule has 1 heterocycles. The van der Waals surface area contributed by atoms with Crippen LogP contribution in [0.5, 0.6) is 0 Å². The highest BCUT2D eigenvalue weighted by Gasteiger charge is 2.39. The molecule has 0 spiro atoms. The van der Waals surface area contributed by atoms with Gasteiger partial charge in [0.2, 0.25) is 11.8 Å². The van der Waals surface area contributed by atoms with Crippen molar-refractivity contribution in [2.75, 3.05) is 17.2 Å². The van der Waals surface area contributed by atoms with Crippen LogP contribution in [0.15, 0.2) is 24.3 Å². The van der Waals surface area contributed by atoms with Crippen LogP contribution >= 0.6 is 24.2 Å². The topological polar surface area (TPSA) is 63.4 Å². The van der Waals surface area contributed by atoms with Crippen molar-refractivity contribution in [2.24, 2.45) is 5.73 Å². The van der Waals surface area contributed by atoms with Crippen molar-refractivity contribution in [3.05, 3.63) is 30.1 Å². The standard InChI is InChI=1S/C12H13FN2O2S.ClH/c13-8-2-1-3-9(6-8)15-11(16)7-10(12(15)17)18-5-4-14;/h1-3,6,10H,4-5,7,14H2;1H. The maximum absolute atomic E-state index is 13.1. The molecule has 7 heteroatoms. The molecule has 0 radical (unpaired) electrons. The summed E-state index contributed by atoms with van der Waals surface area (Å²) in [6.07, 6.45) is 0.153. The van der Waals surface area contributed by atoms with E-state index in [4.69, 9.17) is 5.73 Å². The number of rotatable bonds is 4. The number of carbonyl (C=O) groups excluding carboxylic acids is 2.